The number of pyridine rings is 1. The first-order valence-electron chi connectivity index (χ1n) is 8.50. The number of morpholine rings is 1. The molecule has 8 nitrogen and oxygen atoms in total. The van der Waals surface area contributed by atoms with Gasteiger partial charge in [-0.25, -0.2) is 4.98 Å². The van der Waals surface area contributed by atoms with Gasteiger partial charge in [-0.15, -0.1) is 0 Å². The number of rotatable bonds is 5. The quantitative estimate of drug-likeness (QED) is 0.862. The van der Waals surface area contributed by atoms with Crippen LogP contribution in [-0.4, -0.2) is 62.2 Å². The maximum atomic E-state index is 12.6. The van der Waals surface area contributed by atoms with Gasteiger partial charge in [-0.1, -0.05) is 6.07 Å². The van der Waals surface area contributed by atoms with Crippen LogP contribution in [0.4, 0.5) is 5.69 Å². The molecule has 1 aliphatic rings. The van der Waals surface area contributed by atoms with Crippen molar-refractivity contribution in [3.63, 3.8) is 0 Å². The summed E-state index contributed by atoms with van der Waals surface area (Å²) in [5, 5.41) is 2.75. The Kier molecular flexibility index (Phi) is 5.87. The molecule has 0 aliphatic carbocycles. The maximum Gasteiger partial charge on any atom is 0.274 e. The summed E-state index contributed by atoms with van der Waals surface area (Å²) in [7, 11) is 3.05. The van der Waals surface area contributed by atoms with E-state index in [0.29, 0.717) is 43.5 Å². The standard InChI is InChI=1S/C19H21N3O5/c1-25-13-6-7-17(26-2)16(12-13)21-18(23)14-4-3-5-15(20-14)19(24)22-8-10-27-11-9-22/h3-7,12H,8-11H2,1-2H3,(H,21,23). The Morgan fingerprint density at radius 2 is 1.81 bits per heavy atom. The Hall–Kier alpha value is -3.13. The lowest BCUT2D eigenvalue weighted by molar-refractivity contribution is 0.0299. The topological polar surface area (TPSA) is 90.0 Å². The van der Waals surface area contributed by atoms with Crippen molar-refractivity contribution < 1.29 is 23.8 Å². The summed E-state index contributed by atoms with van der Waals surface area (Å²) in [6.07, 6.45) is 0. The molecule has 1 aromatic carbocycles. The van der Waals surface area contributed by atoms with Gasteiger partial charge in [0.1, 0.15) is 22.9 Å². The number of benzene rings is 1. The van der Waals surface area contributed by atoms with Crippen molar-refractivity contribution >= 4 is 17.5 Å². The summed E-state index contributed by atoms with van der Waals surface area (Å²) >= 11 is 0. The number of ether oxygens (including phenoxy) is 3. The van der Waals surface area contributed by atoms with Gasteiger partial charge in [0.05, 0.1) is 33.1 Å². The molecule has 1 aliphatic heterocycles. The zero-order valence-electron chi connectivity index (χ0n) is 15.2. The van der Waals surface area contributed by atoms with E-state index in [1.165, 1.54) is 14.2 Å². The third-order valence-electron chi connectivity index (χ3n) is 4.15. The van der Waals surface area contributed by atoms with Gasteiger partial charge in [0.25, 0.3) is 11.8 Å². The molecule has 0 unspecified atom stereocenters. The monoisotopic (exact) mass is 371 g/mol. The first kappa shape index (κ1) is 18.7. The van der Waals surface area contributed by atoms with Crippen LogP contribution in [0.25, 0.3) is 0 Å². The fraction of sp³-hybridized carbons (Fsp3) is 0.316. The lowest BCUT2D eigenvalue weighted by atomic mass is 10.2. The minimum Gasteiger partial charge on any atom is -0.497 e. The van der Waals surface area contributed by atoms with E-state index in [0.717, 1.165) is 0 Å². The number of anilines is 1. The van der Waals surface area contributed by atoms with Crippen molar-refractivity contribution in [2.75, 3.05) is 45.8 Å². The second kappa shape index (κ2) is 8.50. The molecule has 0 saturated carbocycles. The predicted octanol–water partition coefficient (Wildman–Crippen LogP) is 1.82. The number of nitrogens with one attached hydrogen (secondary N) is 1. The second-order valence-corrected chi connectivity index (χ2v) is 5.83. The van der Waals surface area contributed by atoms with Crippen LogP contribution in [0.1, 0.15) is 21.0 Å². The van der Waals surface area contributed by atoms with Crippen LogP contribution in [0.15, 0.2) is 36.4 Å². The maximum absolute atomic E-state index is 12.6. The summed E-state index contributed by atoms with van der Waals surface area (Å²) < 4.78 is 15.7. The van der Waals surface area contributed by atoms with E-state index in [1.807, 2.05) is 0 Å². The molecule has 2 amide bonds. The van der Waals surface area contributed by atoms with Gasteiger partial charge in [-0.2, -0.15) is 0 Å². The van der Waals surface area contributed by atoms with Gasteiger partial charge in [0.15, 0.2) is 0 Å². The molecule has 27 heavy (non-hydrogen) atoms. The van der Waals surface area contributed by atoms with Crippen LogP contribution in [0.5, 0.6) is 11.5 Å². The number of methoxy groups -OCH3 is 2. The van der Waals surface area contributed by atoms with Crippen molar-refractivity contribution in [3.8, 4) is 11.5 Å². The van der Waals surface area contributed by atoms with E-state index in [9.17, 15) is 9.59 Å². The number of carbonyl (C=O) groups is 2. The summed E-state index contributed by atoms with van der Waals surface area (Å²) in [5.41, 5.74) is 0.815. The molecular formula is C19H21N3O5. The predicted molar refractivity (Wildman–Crippen MR) is 98.5 cm³/mol. The van der Waals surface area contributed by atoms with Crippen LogP contribution in [0.2, 0.25) is 0 Å². The molecular weight excluding hydrogens is 350 g/mol. The summed E-state index contributed by atoms with van der Waals surface area (Å²) in [4.78, 5) is 31.1. The molecule has 1 aromatic heterocycles. The lowest BCUT2D eigenvalue weighted by Crippen LogP contribution is -2.41. The zero-order chi connectivity index (χ0) is 19.2. The lowest BCUT2D eigenvalue weighted by Gasteiger charge is -2.26. The third kappa shape index (κ3) is 4.35. The van der Waals surface area contributed by atoms with Gasteiger partial charge in [0.2, 0.25) is 0 Å². The van der Waals surface area contributed by atoms with Gasteiger partial charge < -0.3 is 24.4 Å². The molecule has 0 atom stereocenters. The molecule has 0 bridgehead atoms. The Morgan fingerprint density at radius 1 is 1.07 bits per heavy atom. The highest BCUT2D eigenvalue weighted by Crippen LogP contribution is 2.29. The number of hydrogen-bond donors (Lipinski definition) is 1. The van der Waals surface area contributed by atoms with E-state index in [-0.39, 0.29) is 17.3 Å². The highest BCUT2D eigenvalue weighted by atomic mass is 16.5. The van der Waals surface area contributed by atoms with Crippen molar-refractivity contribution in [2.45, 2.75) is 0 Å². The first-order chi connectivity index (χ1) is 13.1. The summed E-state index contributed by atoms with van der Waals surface area (Å²) in [5.74, 6) is 0.407. The number of aromatic nitrogens is 1. The van der Waals surface area contributed by atoms with Crippen LogP contribution < -0.4 is 14.8 Å². The molecule has 8 heteroatoms. The normalized spacial score (nSPS) is 13.8. The number of hydrogen-bond acceptors (Lipinski definition) is 6. The molecule has 2 heterocycles. The Balaban J connectivity index is 1.78. The summed E-state index contributed by atoms with van der Waals surface area (Å²) in [6, 6.07) is 9.87. The van der Waals surface area contributed by atoms with Crippen LogP contribution in [-0.2, 0) is 4.74 Å². The SMILES string of the molecule is COc1ccc(OC)c(NC(=O)c2cccc(C(=O)N3CCOCC3)n2)c1. The van der Waals surface area contributed by atoms with Crippen molar-refractivity contribution in [1.29, 1.82) is 0 Å². The van der Waals surface area contributed by atoms with Crippen LogP contribution >= 0.6 is 0 Å². The second-order valence-electron chi connectivity index (χ2n) is 5.83. The van der Waals surface area contributed by atoms with E-state index < -0.39 is 5.91 Å². The van der Waals surface area contributed by atoms with Crippen LogP contribution in [0, 0.1) is 0 Å². The van der Waals surface area contributed by atoms with Crippen molar-refractivity contribution in [1.82, 2.24) is 9.88 Å². The molecule has 0 spiro atoms. The number of nitrogens with zero attached hydrogens (tertiary/aromatic N) is 2. The van der Waals surface area contributed by atoms with Gasteiger partial charge >= 0.3 is 0 Å². The third-order valence-corrected chi connectivity index (χ3v) is 4.15. The largest absolute Gasteiger partial charge is 0.497 e. The summed E-state index contributed by atoms with van der Waals surface area (Å²) in [6.45, 7) is 2.03. The van der Waals surface area contributed by atoms with Crippen molar-refractivity contribution in [2.24, 2.45) is 0 Å². The van der Waals surface area contributed by atoms with E-state index in [4.69, 9.17) is 14.2 Å². The van der Waals surface area contributed by atoms with E-state index in [1.54, 1.807) is 41.3 Å². The average Bonchev–Trinajstić information content (AvgIpc) is 2.73. The zero-order valence-corrected chi connectivity index (χ0v) is 15.2. The highest BCUT2D eigenvalue weighted by molar-refractivity contribution is 6.04. The number of carbonyl (C=O) groups excluding carboxylic acids is 2. The average molecular weight is 371 g/mol. The smallest absolute Gasteiger partial charge is 0.274 e. The first-order valence-corrected chi connectivity index (χ1v) is 8.50. The molecule has 2 aromatic rings. The number of amides is 2. The molecule has 1 fully saturated rings. The molecule has 142 valence electrons. The van der Waals surface area contributed by atoms with Gasteiger partial charge in [-0.3, -0.25) is 9.59 Å². The minimum absolute atomic E-state index is 0.138. The van der Waals surface area contributed by atoms with Gasteiger partial charge in [0, 0.05) is 19.2 Å². The van der Waals surface area contributed by atoms with Crippen molar-refractivity contribution in [3.05, 3.63) is 47.8 Å². The van der Waals surface area contributed by atoms with E-state index in [2.05, 4.69) is 10.3 Å². The molecule has 1 saturated heterocycles. The fourth-order valence-electron chi connectivity index (χ4n) is 2.71. The van der Waals surface area contributed by atoms with Gasteiger partial charge in [-0.05, 0) is 24.3 Å². The Labute approximate surface area is 157 Å². The fourth-order valence-corrected chi connectivity index (χ4v) is 2.71. The molecule has 0 radical (unpaired) electrons. The molecule has 3 rings (SSSR count). The molecule has 1 N–H and O–H groups in total. The van der Waals surface area contributed by atoms with E-state index >= 15 is 0 Å². The minimum atomic E-state index is -0.446. The Morgan fingerprint density at radius 3 is 2.52 bits per heavy atom. The van der Waals surface area contributed by atoms with Crippen LogP contribution in [0.3, 0.4) is 0 Å². The Bertz CT molecular complexity index is 834. The highest BCUT2D eigenvalue weighted by Gasteiger charge is 2.21.